The fourth-order valence-corrected chi connectivity index (χ4v) is 2.30. The van der Waals surface area contributed by atoms with E-state index < -0.39 is 0 Å². The minimum atomic E-state index is 0.271. The van der Waals surface area contributed by atoms with E-state index in [-0.39, 0.29) is 5.78 Å². The standard InChI is InChI=1S/C16H24O2/c1-6-18-16-10-11(2)15(13(4)14(16)5)9-7-8-12(3)17/h10H,6-9H2,1-5H3. The van der Waals surface area contributed by atoms with Crippen LogP contribution >= 0.6 is 0 Å². The second-order valence-corrected chi connectivity index (χ2v) is 4.91. The Bertz CT molecular complexity index is 433. The number of rotatable bonds is 6. The predicted molar refractivity (Wildman–Crippen MR) is 75.4 cm³/mol. The SMILES string of the molecule is CCOc1cc(C)c(CCCC(C)=O)c(C)c1C. The lowest BCUT2D eigenvalue weighted by Gasteiger charge is -2.16. The maximum Gasteiger partial charge on any atom is 0.129 e. The van der Waals surface area contributed by atoms with Crippen LogP contribution in [-0.4, -0.2) is 12.4 Å². The Morgan fingerprint density at radius 2 is 1.89 bits per heavy atom. The van der Waals surface area contributed by atoms with Crippen molar-refractivity contribution < 1.29 is 9.53 Å². The zero-order chi connectivity index (χ0) is 13.7. The van der Waals surface area contributed by atoms with Crippen LogP contribution in [0.25, 0.3) is 0 Å². The molecule has 0 N–H and O–H groups in total. The Kier molecular flexibility index (Phi) is 5.39. The molecule has 0 fully saturated rings. The fraction of sp³-hybridized carbons (Fsp3) is 0.562. The van der Waals surface area contributed by atoms with Gasteiger partial charge in [0.05, 0.1) is 6.61 Å². The molecule has 0 atom stereocenters. The highest BCUT2D eigenvalue weighted by Gasteiger charge is 2.11. The van der Waals surface area contributed by atoms with E-state index in [1.807, 2.05) is 6.92 Å². The van der Waals surface area contributed by atoms with E-state index in [0.717, 1.165) is 18.6 Å². The van der Waals surface area contributed by atoms with Crippen LogP contribution in [0, 0.1) is 20.8 Å². The molecule has 0 aliphatic rings. The van der Waals surface area contributed by atoms with Crippen LogP contribution < -0.4 is 4.74 Å². The van der Waals surface area contributed by atoms with Crippen molar-refractivity contribution in [3.8, 4) is 5.75 Å². The van der Waals surface area contributed by atoms with Gasteiger partial charge >= 0.3 is 0 Å². The van der Waals surface area contributed by atoms with Gasteiger partial charge in [-0.2, -0.15) is 0 Å². The molecule has 0 aromatic heterocycles. The summed E-state index contributed by atoms with van der Waals surface area (Å²) >= 11 is 0. The summed E-state index contributed by atoms with van der Waals surface area (Å²) in [4.78, 5) is 11.0. The number of ether oxygens (including phenoxy) is 1. The molecule has 2 heteroatoms. The van der Waals surface area contributed by atoms with Gasteiger partial charge in [-0.3, -0.25) is 0 Å². The van der Waals surface area contributed by atoms with Gasteiger partial charge in [0.25, 0.3) is 0 Å². The number of benzene rings is 1. The zero-order valence-electron chi connectivity index (χ0n) is 12.2. The van der Waals surface area contributed by atoms with Crippen molar-refractivity contribution in [1.29, 1.82) is 0 Å². The summed E-state index contributed by atoms with van der Waals surface area (Å²) in [5, 5.41) is 0. The van der Waals surface area contributed by atoms with Crippen molar-refractivity contribution in [2.75, 3.05) is 6.61 Å². The fourth-order valence-electron chi connectivity index (χ4n) is 2.30. The maximum atomic E-state index is 11.0. The molecule has 2 nitrogen and oxygen atoms in total. The van der Waals surface area contributed by atoms with E-state index >= 15 is 0 Å². The number of hydrogen-bond donors (Lipinski definition) is 0. The lowest BCUT2D eigenvalue weighted by atomic mass is 9.93. The Morgan fingerprint density at radius 1 is 1.22 bits per heavy atom. The van der Waals surface area contributed by atoms with Crippen LogP contribution in [0.2, 0.25) is 0 Å². The number of carbonyl (C=O) groups excluding carboxylic acids is 1. The lowest BCUT2D eigenvalue weighted by Crippen LogP contribution is -2.02. The molecule has 1 aromatic rings. The molecule has 0 bridgehead atoms. The van der Waals surface area contributed by atoms with Gasteiger partial charge in [0.2, 0.25) is 0 Å². The van der Waals surface area contributed by atoms with Gasteiger partial charge < -0.3 is 9.53 Å². The average molecular weight is 248 g/mol. The highest BCUT2D eigenvalue weighted by molar-refractivity contribution is 5.75. The van der Waals surface area contributed by atoms with Crippen molar-refractivity contribution in [2.45, 2.75) is 53.9 Å². The van der Waals surface area contributed by atoms with Gasteiger partial charge in [0, 0.05) is 6.42 Å². The molecule has 0 aliphatic carbocycles. The van der Waals surface area contributed by atoms with Crippen LogP contribution in [-0.2, 0) is 11.2 Å². The van der Waals surface area contributed by atoms with Crippen LogP contribution in [0.5, 0.6) is 5.75 Å². The highest BCUT2D eigenvalue weighted by Crippen LogP contribution is 2.28. The van der Waals surface area contributed by atoms with E-state index in [2.05, 4.69) is 26.8 Å². The summed E-state index contributed by atoms with van der Waals surface area (Å²) < 4.78 is 5.64. The first-order chi connectivity index (χ1) is 8.47. The van der Waals surface area contributed by atoms with Crippen molar-refractivity contribution in [1.82, 2.24) is 0 Å². The second kappa shape index (κ2) is 6.58. The summed E-state index contributed by atoms with van der Waals surface area (Å²) in [5.74, 6) is 1.26. The predicted octanol–water partition coefficient (Wildman–Crippen LogP) is 3.92. The smallest absolute Gasteiger partial charge is 0.129 e. The first kappa shape index (κ1) is 14.7. The lowest BCUT2D eigenvalue weighted by molar-refractivity contribution is -0.117. The molecule has 0 saturated carbocycles. The summed E-state index contributed by atoms with van der Waals surface area (Å²) in [6.07, 6.45) is 2.58. The van der Waals surface area contributed by atoms with Crippen molar-refractivity contribution in [3.63, 3.8) is 0 Å². The third-order valence-electron chi connectivity index (χ3n) is 3.46. The summed E-state index contributed by atoms with van der Waals surface area (Å²) in [7, 11) is 0. The second-order valence-electron chi connectivity index (χ2n) is 4.91. The quantitative estimate of drug-likeness (QED) is 0.762. The Hall–Kier alpha value is -1.31. The Balaban J connectivity index is 2.92. The van der Waals surface area contributed by atoms with E-state index in [1.54, 1.807) is 6.92 Å². The van der Waals surface area contributed by atoms with Crippen LogP contribution in [0.15, 0.2) is 6.07 Å². The zero-order valence-corrected chi connectivity index (χ0v) is 12.2. The molecule has 0 amide bonds. The molecule has 0 heterocycles. The van der Waals surface area contributed by atoms with E-state index in [9.17, 15) is 4.79 Å². The van der Waals surface area contributed by atoms with Gasteiger partial charge in [-0.15, -0.1) is 0 Å². The first-order valence-electron chi connectivity index (χ1n) is 6.69. The molecule has 1 rings (SSSR count). The molecule has 1 aromatic carbocycles. The normalized spacial score (nSPS) is 10.5. The molecule has 0 aliphatic heterocycles. The van der Waals surface area contributed by atoms with Crippen molar-refractivity contribution in [3.05, 3.63) is 28.3 Å². The third-order valence-corrected chi connectivity index (χ3v) is 3.46. The summed E-state index contributed by atoms with van der Waals surface area (Å²) in [6, 6.07) is 2.12. The molecule has 100 valence electrons. The van der Waals surface area contributed by atoms with Crippen molar-refractivity contribution >= 4 is 5.78 Å². The van der Waals surface area contributed by atoms with Crippen LogP contribution in [0.4, 0.5) is 0 Å². The number of ketones is 1. The van der Waals surface area contributed by atoms with E-state index in [0.29, 0.717) is 13.0 Å². The highest BCUT2D eigenvalue weighted by atomic mass is 16.5. The topological polar surface area (TPSA) is 26.3 Å². The minimum absolute atomic E-state index is 0.271. The molecular weight excluding hydrogens is 224 g/mol. The molecule has 0 saturated heterocycles. The summed E-state index contributed by atoms with van der Waals surface area (Å²) in [5.41, 5.74) is 5.17. The van der Waals surface area contributed by atoms with E-state index in [1.165, 1.54) is 22.3 Å². The molecular formula is C16H24O2. The molecule has 0 radical (unpaired) electrons. The average Bonchev–Trinajstić information content (AvgIpc) is 2.30. The first-order valence-corrected chi connectivity index (χ1v) is 6.69. The van der Waals surface area contributed by atoms with Gasteiger partial charge in [0.15, 0.2) is 0 Å². The maximum absolute atomic E-state index is 11.0. The number of aryl methyl sites for hydroxylation is 1. The Labute approximate surface area is 110 Å². The molecule has 0 spiro atoms. The number of carbonyl (C=O) groups is 1. The monoisotopic (exact) mass is 248 g/mol. The minimum Gasteiger partial charge on any atom is -0.494 e. The molecule has 18 heavy (non-hydrogen) atoms. The van der Waals surface area contributed by atoms with Gasteiger partial charge in [0.1, 0.15) is 11.5 Å². The van der Waals surface area contributed by atoms with Gasteiger partial charge in [-0.1, -0.05) is 0 Å². The van der Waals surface area contributed by atoms with E-state index in [4.69, 9.17) is 4.74 Å². The largest absolute Gasteiger partial charge is 0.494 e. The number of Topliss-reactive ketones (excluding diaryl/α,β-unsaturated/α-hetero) is 1. The van der Waals surface area contributed by atoms with Gasteiger partial charge in [-0.05, 0) is 75.8 Å². The third kappa shape index (κ3) is 3.59. The molecule has 0 unspecified atom stereocenters. The Morgan fingerprint density at radius 3 is 2.44 bits per heavy atom. The van der Waals surface area contributed by atoms with Crippen LogP contribution in [0.1, 0.15) is 48.9 Å². The van der Waals surface area contributed by atoms with Crippen molar-refractivity contribution in [2.24, 2.45) is 0 Å². The number of hydrogen-bond acceptors (Lipinski definition) is 2. The van der Waals surface area contributed by atoms with Gasteiger partial charge in [-0.25, -0.2) is 0 Å². The van der Waals surface area contributed by atoms with Crippen LogP contribution in [0.3, 0.4) is 0 Å². The summed E-state index contributed by atoms with van der Waals surface area (Å²) in [6.45, 7) is 10.7.